The fourth-order valence-electron chi connectivity index (χ4n) is 2.43. The zero-order valence-corrected chi connectivity index (χ0v) is 13.9. The lowest BCUT2D eigenvalue weighted by atomic mass is 10.2. The van der Waals surface area contributed by atoms with Crippen molar-refractivity contribution in [2.24, 2.45) is 11.8 Å². The van der Waals surface area contributed by atoms with Crippen LogP contribution in [0.4, 0.5) is 0 Å². The van der Waals surface area contributed by atoms with E-state index in [0.29, 0.717) is 12.3 Å². The fraction of sp³-hybridized carbons (Fsp3) is 0.667. The fourth-order valence-corrected chi connectivity index (χ4v) is 3.60. The highest BCUT2D eigenvalue weighted by atomic mass is 32.1. The number of nitrogens with zero attached hydrogens (tertiary/aromatic N) is 2. The summed E-state index contributed by atoms with van der Waals surface area (Å²) in [6.45, 7) is 8.14. The average molecular weight is 310 g/mol. The summed E-state index contributed by atoms with van der Waals surface area (Å²) in [6, 6.07) is -0.0717. The Kier molecular flexibility index (Phi) is 4.37. The summed E-state index contributed by atoms with van der Waals surface area (Å²) in [5.74, 6) is -1.43. The van der Waals surface area contributed by atoms with E-state index in [2.05, 4.69) is 18.8 Å². The van der Waals surface area contributed by atoms with Crippen molar-refractivity contribution in [2.45, 2.75) is 46.1 Å². The Labute approximate surface area is 129 Å². The molecule has 0 saturated heterocycles. The van der Waals surface area contributed by atoms with Crippen LogP contribution in [0.5, 0.6) is 0 Å². The largest absolute Gasteiger partial charge is 0.481 e. The maximum absolute atomic E-state index is 12.3. The van der Waals surface area contributed by atoms with E-state index in [4.69, 9.17) is 5.11 Å². The van der Waals surface area contributed by atoms with Crippen LogP contribution in [0.3, 0.4) is 0 Å². The van der Waals surface area contributed by atoms with Crippen molar-refractivity contribution < 1.29 is 14.7 Å². The van der Waals surface area contributed by atoms with E-state index in [1.807, 2.05) is 13.8 Å². The molecule has 1 amide bonds. The lowest BCUT2D eigenvalue weighted by Crippen LogP contribution is -2.31. The highest BCUT2D eigenvalue weighted by molar-refractivity contribution is 7.11. The van der Waals surface area contributed by atoms with Crippen LogP contribution >= 0.6 is 11.3 Å². The molecule has 2 rings (SSSR count). The van der Waals surface area contributed by atoms with Gasteiger partial charge in [0.05, 0.1) is 28.6 Å². The predicted octanol–water partition coefficient (Wildman–Crippen LogP) is 2.82. The molecule has 1 saturated carbocycles. The summed E-state index contributed by atoms with van der Waals surface area (Å²) < 4.78 is 0. The smallest absolute Gasteiger partial charge is 0.307 e. The van der Waals surface area contributed by atoms with Gasteiger partial charge in [0, 0.05) is 17.8 Å². The summed E-state index contributed by atoms with van der Waals surface area (Å²) in [6.07, 6.45) is 0.462. The SMILES string of the molecule is Cc1nc(C(C)C)sc1C(C)N(C)C(=O)C1CC1C(=O)O. The molecule has 1 aliphatic carbocycles. The van der Waals surface area contributed by atoms with Crippen molar-refractivity contribution in [3.8, 4) is 0 Å². The minimum Gasteiger partial charge on any atom is -0.481 e. The molecule has 21 heavy (non-hydrogen) atoms. The first-order chi connectivity index (χ1) is 9.73. The van der Waals surface area contributed by atoms with Gasteiger partial charge in [0.15, 0.2) is 0 Å². The highest BCUT2D eigenvalue weighted by Gasteiger charge is 2.50. The molecule has 1 fully saturated rings. The lowest BCUT2D eigenvalue weighted by molar-refractivity contribution is -0.142. The summed E-state index contributed by atoms with van der Waals surface area (Å²) in [4.78, 5) is 30.5. The third kappa shape index (κ3) is 3.10. The first kappa shape index (κ1) is 15.9. The van der Waals surface area contributed by atoms with Crippen LogP contribution in [0, 0.1) is 18.8 Å². The Balaban J connectivity index is 2.11. The molecule has 0 radical (unpaired) electrons. The number of hydrogen-bond acceptors (Lipinski definition) is 4. The first-order valence-electron chi connectivity index (χ1n) is 7.20. The van der Waals surface area contributed by atoms with E-state index < -0.39 is 11.9 Å². The quantitative estimate of drug-likeness (QED) is 0.908. The van der Waals surface area contributed by atoms with Gasteiger partial charge in [-0.2, -0.15) is 0 Å². The van der Waals surface area contributed by atoms with Crippen LogP contribution in [0.2, 0.25) is 0 Å². The number of carbonyl (C=O) groups excluding carboxylic acids is 1. The molecule has 0 spiro atoms. The predicted molar refractivity (Wildman–Crippen MR) is 81.4 cm³/mol. The second-order valence-electron chi connectivity index (χ2n) is 6.07. The molecule has 6 heteroatoms. The van der Waals surface area contributed by atoms with Crippen LogP contribution in [-0.4, -0.2) is 33.9 Å². The molecule has 0 bridgehead atoms. The maximum atomic E-state index is 12.3. The molecule has 1 N–H and O–H groups in total. The third-order valence-electron chi connectivity index (χ3n) is 4.08. The summed E-state index contributed by atoms with van der Waals surface area (Å²) >= 11 is 1.64. The second-order valence-corrected chi connectivity index (χ2v) is 7.13. The van der Waals surface area contributed by atoms with Crippen molar-refractivity contribution in [3.63, 3.8) is 0 Å². The van der Waals surface area contributed by atoms with Gasteiger partial charge in [0.25, 0.3) is 0 Å². The van der Waals surface area contributed by atoms with E-state index in [1.165, 1.54) is 0 Å². The molecule has 5 nitrogen and oxygen atoms in total. The molecule has 0 aromatic carbocycles. The van der Waals surface area contributed by atoms with Crippen LogP contribution < -0.4 is 0 Å². The number of carboxylic acid groups (broad SMARTS) is 1. The van der Waals surface area contributed by atoms with Gasteiger partial charge in [-0.25, -0.2) is 4.98 Å². The van der Waals surface area contributed by atoms with Crippen molar-refractivity contribution in [1.29, 1.82) is 0 Å². The van der Waals surface area contributed by atoms with Crippen LogP contribution in [0.25, 0.3) is 0 Å². The molecule has 1 aromatic heterocycles. The number of hydrogen-bond donors (Lipinski definition) is 1. The van der Waals surface area contributed by atoms with Gasteiger partial charge in [-0.3, -0.25) is 9.59 Å². The number of carbonyl (C=O) groups is 2. The summed E-state index contributed by atoms with van der Waals surface area (Å²) in [5, 5.41) is 10.0. The minimum absolute atomic E-state index is 0.0717. The summed E-state index contributed by atoms with van der Waals surface area (Å²) in [5.41, 5.74) is 0.960. The molecule has 1 aliphatic rings. The molecule has 116 valence electrons. The monoisotopic (exact) mass is 310 g/mol. The number of rotatable bonds is 5. The van der Waals surface area contributed by atoms with E-state index in [1.54, 1.807) is 23.3 Å². The van der Waals surface area contributed by atoms with Gasteiger partial charge in [0.2, 0.25) is 5.91 Å². The standard InChI is InChI=1S/C15H22N2O3S/c1-7(2)13-16-8(3)12(21-13)9(4)17(5)14(18)10-6-11(10)15(19)20/h7,9-11H,6H2,1-5H3,(H,19,20). The van der Waals surface area contributed by atoms with E-state index in [9.17, 15) is 9.59 Å². The van der Waals surface area contributed by atoms with Crippen molar-refractivity contribution in [2.75, 3.05) is 7.05 Å². The molecule has 1 aromatic rings. The molecule has 1 heterocycles. The average Bonchev–Trinajstić information content (AvgIpc) is 3.13. The molecule has 0 aliphatic heterocycles. The Morgan fingerprint density at radius 3 is 2.38 bits per heavy atom. The topological polar surface area (TPSA) is 70.5 Å². The zero-order chi connectivity index (χ0) is 15.9. The van der Waals surface area contributed by atoms with E-state index in [-0.39, 0.29) is 17.9 Å². The maximum Gasteiger partial charge on any atom is 0.307 e. The normalized spacial score (nSPS) is 22.2. The van der Waals surface area contributed by atoms with E-state index >= 15 is 0 Å². The van der Waals surface area contributed by atoms with Crippen LogP contribution in [0.15, 0.2) is 0 Å². The van der Waals surface area contributed by atoms with Crippen molar-refractivity contribution >= 4 is 23.2 Å². The molecular weight excluding hydrogens is 288 g/mol. The van der Waals surface area contributed by atoms with Crippen molar-refractivity contribution in [3.05, 3.63) is 15.6 Å². The highest BCUT2D eigenvalue weighted by Crippen LogP contribution is 2.42. The number of carboxylic acids is 1. The molecule has 3 unspecified atom stereocenters. The van der Waals surface area contributed by atoms with Crippen molar-refractivity contribution in [1.82, 2.24) is 9.88 Å². The van der Waals surface area contributed by atoms with Gasteiger partial charge in [-0.15, -0.1) is 11.3 Å². The van der Waals surface area contributed by atoms with Gasteiger partial charge in [-0.05, 0) is 20.3 Å². The first-order valence-corrected chi connectivity index (χ1v) is 8.02. The third-order valence-corrected chi connectivity index (χ3v) is 5.70. The van der Waals surface area contributed by atoms with Gasteiger partial charge < -0.3 is 10.0 Å². The van der Waals surface area contributed by atoms with E-state index in [0.717, 1.165) is 15.6 Å². The molecular formula is C15H22N2O3S. The van der Waals surface area contributed by atoms with Gasteiger partial charge in [-0.1, -0.05) is 13.8 Å². The molecule has 3 atom stereocenters. The Morgan fingerprint density at radius 1 is 1.33 bits per heavy atom. The summed E-state index contributed by atoms with van der Waals surface area (Å²) in [7, 11) is 1.75. The zero-order valence-electron chi connectivity index (χ0n) is 13.1. The van der Waals surface area contributed by atoms with Gasteiger partial charge >= 0.3 is 5.97 Å². The number of aromatic nitrogens is 1. The lowest BCUT2D eigenvalue weighted by Gasteiger charge is -2.24. The number of aryl methyl sites for hydroxylation is 1. The Bertz CT molecular complexity index is 567. The second kappa shape index (κ2) is 5.75. The minimum atomic E-state index is -0.870. The van der Waals surface area contributed by atoms with Crippen LogP contribution in [-0.2, 0) is 9.59 Å². The Morgan fingerprint density at radius 2 is 1.95 bits per heavy atom. The number of aliphatic carboxylic acids is 1. The van der Waals surface area contributed by atoms with Gasteiger partial charge in [0.1, 0.15) is 0 Å². The Hall–Kier alpha value is -1.43. The number of thiazole rings is 1. The number of amides is 1. The van der Waals surface area contributed by atoms with Crippen LogP contribution in [0.1, 0.15) is 54.7 Å².